The maximum absolute atomic E-state index is 12.3. The summed E-state index contributed by atoms with van der Waals surface area (Å²) in [5.41, 5.74) is 2.04. The summed E-state index contributed by atoms with van der Waals surface area (Å²) in [5, 5.41) is 29.0. The lowest BCUT2D eigenvalue weighted by Gasteiger charge is -2.28. The summed E-state index contributed by atoms with van der Waals surface area (Å²) in [6, 6.07) is 2.50. The summed E-state index contributed by atoms with van der Waals surface area (Å²) in [4.78, 5) is 21.9. The van der Waals surface area contributed by atoms with E-state index < -0.39 is 0 Å². The normalized spacial score (nSPS) is 17.4. The molecule has 2 aromatic rings. The molecule has 0 atom stereocenters. The van der Waals surface area contributed by atoms with Crippen molar-refractivity contribution in [1.82, 2.24) is 14.9 Å². The molecule has 132 valence electrons. The number of benzene rings is 1. The number of nitrogens with one attached hydrogen (secondary N) is 1. The molecule has 1 aliphatic carbocycles. The highest BCUT2D eigenvalue weighted by atomic mass is 16.3. The van der Waals surface area contributed by atoms with E-state index in [1.807, 2.05) is 0 Å². The van der Waals surface area contributed by atoms with E-state index >= 15 is 0 Å². The van der Waals surface area contributed by atoms with Crippen molar-refractivity contribution in [2.24, 2.45) is 5.92 Å². The van der Waals surface area contributed by atoms with Gasteiger partial charge in [-0.3, -0.25) is 9.69 Å². The van der Waals surface area contributed by atoms with Gasteiger partial charge in [-0.2, -0.15) is 0 Å². The molecule has 2 aliphatic rings. The fraction of sp³-hybridized carbons (Fsp3) is 0.444. The number of aromatic hydroxyl groups is 3. The maximum Gasteiger partial charge on any atom is 0.254 e. The predicted octanol–water partition coefficient (Wildman–Crippen LogP) is 1.40. The molecule has 1 aliphatic heterocycles. The number of hydrogen-bond acceptors (Lipinski definition) is 6. The first-order valence-electron chi connectivity index (χ1n) is 8.56. The van der Waals surface area contributed by atoms with Crippen LogP contribution in [0.5, 0.6) is 17.2 Å². The first-order valence-corrected chi connectivity index (χ1v) is 8.56. The van der Waals surface area contributed by atoms with E-state index in [9.17, 15) is 20.1 Å². The van der Waals surface area contributed by atoms with Gasteiger partial charge in [0.25, 0.3) is 5.56 Å². The van der Waals surface area contributed by atoms with Gasteiger partial charge in [0.1, 0.15) is 11.6 Å². The molecule has 0 bridgehead atoms. The van der Waals surface area contributed by atoms with Crippen LogP contribution in [0.15, 0.2) is 16.9 Å². The molecule has 0 spiro atoms. The molecule has 0 amide bonds. The van der Waals surface area contributed by atoms with Gasteiger partial charge in [-0.15, -0.1) is 0 Å². The third-order valence-electron chi connectivity index (χ3n) is 4.95. The first-order chi connectivity index (χ1) is 12.0. The second-order valence-electron chi connectivity index (χ2n) is 7.02. The second-order valence-corrected chi connectivity index (χ2v) is 7.02. The van der Waals surface area contributed by atoms with Gasteiger partial charge < -0.3 is 20.3 Å². The molecule has 0 unspecified atom stereocenters. The first kappa shape index (κ1) is 16.0. The van der Waals surface area contributed by atoms with Gasteiger partial charge in [0.05, 0.1) is 5.69 Å². The fourth-order valence-electron chi connectivity index (χ4n) is 3.35. The quantitative estimate of drug-likeness (QED) is 0.493. The van der Waals surface area contributed by atoms with Gasteiger partial charge in [0, 0.05) is 43.2 Å². The Kier molecular flexibility index (Phi) is 3.88. The number of aromatic nitrogens is 2. The van der Waals surface area contributed by atoms with E-state index in [1.54, 1.807) is 0 Å². The molecule has 25 heavy (non-hydrogen) atoms. The fourth-order valence-corrected chi connectivity index (χ4v) is 3.35. The van der Waals surface area contributed by atoms with Gasteiger partial charge >= 0.3 is 0 Å². The van der Waals surface area contributed by atoms with Crippen molar-refractivity contribution in [2.75, 3.05) is 6.54 Å². The largest absolute Gasteiger partial charge is 0.507 e. The lowest BCUT2D eigenvalue weighted by molar-refractivity contribution is 0.236. The van der Waals surface area contributed by atoms with Crippen molar-refractivity contribution in [3.63, 3.8) is 0 Å². The molecule has 1 saturated carbocycles. The zero-order valence-corrected chi connectivity index (χ0v) is 13.8. The average molecular weight is 343 g/mol. The van der Waals surface area contributed by atoms with Gasteiger partial charge in [-0.1, -0.05) is 0 Å². The molecular formula is C18H21N3O4. The Labute approximate surface area is 144 Å². The molecule has 4 N–H and O–H groups in total. The molecule has 7 nitrogen and oxygen atoms in total. The predicted molar refractivity (Wildman–Crippen MR) is 90.5 cm³/mol. The zero-order valence-electron chi connectivity index (χ0n) is 13.8. The van der Waals surface area contributed by atoms with Crippen molar-refractivity contribution in [2.45, 2.75) is 38.8 Å². The number of nitrogens with zero attached hydrogens (tertiary/aromatic N) is 2. The van der Waals surface area contributed by atoms with Crippen molar-refractivity contribution >= 4 is 0 Å². The molecule has 0 saturated heterocycles. The molecule has 2 heterocycles. The number of H-pyrrole nitrogens is 1. The van der Waals surface area contributed by atoms with E-state index in [-0.39, 0.29) is 22.8 Å². The van der Waals surface area contributed by atoms with Gasteiger partial charge in [-0.25, -0.2) is 4.98 Å². The number of hydrogen-bond donors (Lipinski definition) is 4. The molecule has 1 aromatic carbocycles. The van der Waals surface area contributed by atoms with Crippen LogP contribution in [0.4, 0.5) is 0 Å². The summed E-state index contributed by atoms with van der Waals surface area (Å²) in [5.74, 6) is 0.750. The number of fused-ring (bicyclic) bond motifs is 1. The Hall–Kier alpha value is -2.54. The summed E-state index contributed by atoms with van der Waals surface area (Å²) < 4.78 is 0. The monoisotopic (exact) mass is 343 g/mol. The van der Waals surface area contributed by atoms with Crippen LogP contribution < -0.4 is 5.56 Å². The number of rotatable bonds is 4. The van der Waals surface area contributed by atoms with E-state index in [1.165, 1.54) is 18.9 Å². The van der Waals surface area contributed by atoms with Crippen LogP contribution in [0.25, 0.3) is 0 Å². The minimum absolute atomic E-state index is 0.0366. The highest BCUT2D eigenvalue weighted by molar-refractivity contribution is 5.48. The number of aromatic amines is 1. The van der Waals surface area contributed by atoms with Crippen molar-refractivity contribution in [3.05, 3.63) is 45.1 Å². The number of phenols is 3. The summed E-state index contributed by atoms with van der Waals surface area (Å²) in [7, 11) is 0. The van der Waals surface area contributed by atoms with Crippen LogP contribution in [0.3, 0.4) is 0 Å². The minimum atomic E-state index is -0.344. The number of phenolic OH excluding ortho intramolecular Hbond substituents is 3. The van der Waals surface area contributed by atoms with Gasteiger partial charge in [0.2, 0.25) is 0 Å². The molecule has 7 heteroatoms. The average Bonchev–Trinajstić information content (AvgIpc) is 3.36. The second kappa shape index (κ2) is 6.07. The molecule has 1 aromatic heterocycles. The third-order valence-corrected chi connectivity index (χ3v) is 4.95. The van der Waals surface area contributed by atoms with E-state index in [4.69, 9.17) is 0 Å². The smallest absolute Gasteiger partial charge is 0.254 e. The molecule has 0 radical (unpaired) electrons. The Morgan fingerprint density at radius 3 is 2.68 bits per heavy atom. The van der Waals surface area contributed by atoms with Crippen LogP contribution in [-0.4, -0.2) is 36.7 Å². The summed E-state index contributed by atoms with van der Waals surface area (Å²) in [6.45, 7) is 1.60. The van der Waals surface area contributed by atoms with Crippen molar-refractivity contribution in [3.8, 4) is 17.2 Å². The van der Waals surface area contributed by atoms with Crippen LogP contribution in [0.1, 0.15) is 35.5 Å². The molecular weight excluding hydrogens is 322 g/mol. The minimum Gasteiger partial charge on any atom is -0.507 e. The maximum atomic E-state index is 12.3. The Balaban J connectivity index is 1.55. The van der Waals surface area contributed by atoms with E-state index in [0.717, 1.165) is 29.6 Å². The van der Waals surface area contributed by atoms with Crippen LogP contribution in [0.2, 0.25) is 0 Å². The third kappa shape index (κ3) is 3.32. The lowest BCUT2D eigenvalue weighted by atomic mass is 10.0. The summed E-state index contributed by atoms with van der Waals surface area (Å²) >= 11 is 0. The zero-order chi connectivity index (χ0) is 17.6. The summed E-state index contributed by atoms with van der Waals surface area (Å²) in [6.07, 6.45) is 3.84. The molecule has 4 rings (SSSR count). The van der Waals surface area contributed by atoms with E-state index in [2.05, 4.69) is 14.9 Å². The lowest BCUT2D eigenvalue weighted by Crippen LogP contribution is -2.35. The highest BCUT2D eigenvalue weighted by Crippen LogP contribution is 2.34. The Bertz CT molecular complexity index is 873. The van der Waals surface area contributed by atoms with Gasteiger partial charge in [-0.05, 0) is 31.2 Å². The van der Waals surface area contributed by atoms with Crippen molar-refractivity contribution < 1.29 is 15.3 Å². The SMILES string of the molecule is O=c1[nH]c(CC2CC2)nc2c1CCN(Cc1cc(O)c(O)cc1O)C2. The van der Waals surface area contributed by atoms with E-state index in [0.29, 0.717) is 37.5 Å². The van der Waals surface area contributed by atoms with Crippen LogP contribution in [0, 0.1) is 5.92 Å². The standard InChI is InChI=1S/C18H21N3O4/c22-14-7-16(24)15(23)6-11(14)8-21-4-3-12-13(9-21)19-17(20-18(12)25)5-10-1-2-10/h6-7,10,22-24H,1-5,8-9H2,(H,19,20,25). The van der Waals surface area contributed by atoms with Gasteiger partial charge in [0.15, 0.2) is 11.5 Å². The highest BCUT2D eigenvalue weighted by Gasteiger charge is 2.26. The Morgan fingerprint density at radius 2 is 1.92 bits per heavy atom. The van der Waals surface area contributed by atoms with Crippen LogP contribution in [-0.2, 0) is 25.9 Å². The Morgan fingerprint density at radius 1 is 1.16 bits per heavy atom. The van der Waals surface area contributed by atoms with Crippen molar-refractivity contribution in [1.29, 1.82) is 0 Å². The molecule has 1 fully saturated rings. The van der Waals surface area contributed by atoms with Crippen LogP contribution >= 0.6 is 0 Å². The topological polar surface area (TPSA) is 110 Å².